The second-order valence-corrected chi connectivity index (χ2v) is 2.08. The molecule has 1 aromatic heterocycles. The van der Waals surface area contributed by atoms with Crippen molar-refractivity contribution in [3.8, 4) is 0 Å². The van der Waals surface area contributed by atoms with Crippen LogP contribution in [-0.4, -0.2) is 16.2 Å². The van der Waals surface area contributed by atoms with Gasteiger partial charge in [-0.3, -0.25) is 0 Å². The van der Waals surface area contributed by atoms with Crippen LogP contribution in [0.3, 0.4) is 0 Å². The molecule has 0 saturated carbocycles. The first-order valence-electron chi connectivity index (χ1n) is 3.44. The minimum absolute atomic E-state index is 0.316. The summed E-state index contributed by atoms with van der Waals surface area (Å²) < 4.78 is 13.7. The lowest BCUT2D eigenvalue weighted by Crippen LogP contribution is -2.02. The zero-order valence-corrected chi connectivity index (χ0v) is 6.05. The Kier molecular flexibility index (Phi) is 2.42. The van der Waals surface area contributed by atoms with Crippen LogP contribution in [0.4, 0.5) is 4.39 Å². The summed E-state index contributed by atoms with van der Waals surface area (Å²) in [7, 11) is 0. The van der Waals surface area contributed by atoms with Crippen molar-refractivity contribution in [3.05, 3.63) is 18.2 Å². The number of aryl methyl sites for hydroxylation is 2. The van der Waals surface area contributed by atoms with E-state index in [9.17, 15) is 4.39 Å². The van der Waals surface area contributed by atoms with Crippen LogP contribution in [0.25, 0.3) is 0 Å². The van der Waals surface area contributed by atoms with Gasteiger partial charge in [0.25, 0.3) is 0 Å². The molecule has 0 N–H and O–H groups in total. The maximum absolute atomic E-state index is 11.8. The lowest BCUT2D eigenvalue weighted by atomic mass is 10.4. The van der Waals surface area contributed by atoms with E-state index in [0.717, 1.165) is 12.2 Å². The maximum atomic E-state index is 11.8. The van der Waals surface area contributed by atoms with Crippen molar-refractivity contribution in [1.29, 1.82) is 0 Å². The van der Waals surface area contributed by atoms with E-state index in [2.05, 4.69) is 4.98 Å². The predicted molar refractivity (Wildman–Crippen MR) is 37.6 cm³/mol. The van der Waals surface area contributed by atoms with Gasteiger partial charge in [0.15, 0.2) is 0 Å². The molecule has 1 heterocycles. The van der Waals surface area contributed by atoms with E-state index in [-0.39, 0.29) is 6.67 Å². The number of aromatic nitrogens is 2. The lowest BCUT2D eigenvalue weighted by Gasteiger charge is -2.00. The van der Waals surface area contributed by atoms with Crippen LogP contribution in [0.2, 0.25) is 0 Å². The summed E-state index contributed by atoms with van der Waals surface area (Å²) in [6.07, 6.45) is 4.37. The minimum atomic E-state index is -0.316. The van der Waals surface area contributed by atoms with E-state index in [0.29, 0.717) is 6.54 Å². The monoisotopic (exact) mass is 142 g/mol. The average Bonchev–Trinajstić information content (AvgIpc) is 2.36. The highest BCUT2D eigenvalue weighted by Gasteiger charge is 1.97. The molecule has 1 aromatic rings. The average molecular weight is 142 g/mol. The summed E-state index contributed by atoms with van der Waals surface area (Å²) in [6.45, 7) is 2.13. The molecule has 0 aliphatic heterocycles. The second kappa shape index (κ2) is 3.34. The van der Waals surface area contributed by atoms with Gasteiger partial charge in [-0.05, 0) is 0 Å². The third-order valence-corrected chi connectivity index (χ3v) is 1.44. The number of nitrogens with zero attached hydrogens (tertiary/aromatic N) is 2. The SMILES string of the molecule is CCc1nccn1CCF. The number of alkyl halides is 1. The van der Waals surface area contributed by atoms with Gasteiger partial charge >= 0.3 is 0 Å². The van der Waals surface area contributed by atoms with Gasteiger partial charge in [-0.2, -0.15) is 0 Å². The molecule has 0 atom stereocenters. The molecular weight excluding hydrogens is 131 g/mol. The van der Waals surface area contributed by atoms with E-state index in [4.69, 9.17) is 0 Å². The largest absolute Gasteiger partial charge is 0.332 e. The Labute approximate surface area is 59.7 Å². The highest BCUT2D eigenvalue weighted by atomic mass is 19.1. The van der Waals surface area contributed by atoms with Crippen molar-refractivity contribution in [2.45, 2.75) is 19.9 Å². The first-order valence-corrected chi connectivity index (χ1v) is 3.44. The van der Waals surface area contributed by atoms with Crippen LogP contribution < -0.4 is 0 Å². The number of hydrogen-bond acceptors (Lipinski definition) is 1. The molecular formula is C7H11FN2. The molecule has 0 fully saturated rings. The zero-order valence-electron chi connectivity index (χ0n) is 6.05. The first kappa shape index (κ1) is 7.25. The van der Waals surface area contributed by atoms with Gasteiger partial charge in [-0.15, -0.1) is 0 Å². The molecule has 0 unspecified atom stereocenters. The van der Waals surface area contributed by atoms with Crippen molar-refractivity contribution in [2.75, 3.05) is 6.67 Å². The Balaban J connectivity index is 2.70. The van der Waals surface area contributed by atoms with Crippen molar-refractivity contribution < 1.29 is 4.39 Å². The summed E-state index contributed by atoms with van der Waals surface area (Å²) in [5, 5.41) is 0. The molecule has 2 nitrogen and oxygen atoms in total. The van der Waals surface area contributed by atoms with Crippen molar-refractivity contribution in [3.63, 3.8) is 0 Å². The Bertz CT molecular complexity index is 195. The number of halogens is 1. The van der Waals surface area contributed by atoms with E-state index >= 15 is 0 Å². The van der Waals surface area contributed by atoms with Crippen LogP contribution in [0.1, 0.15) is 12.7 Å². The van der Waals surface area contributed by atoms with Gasteiger partial charge in [0.05, 0.1) is 6.54 Å². The van der Waals surface area contributed by atoms with Gasteiger partial charge < -0.3 is 4.57 Å². The molecule has 0 aliphatic rings. The fourth-order valence-corrected chi connectivity index (χ4v) is 0.949. The van der Waals surface area contributed by atoms with Crippen LogP contribution >= 0.6 is 0 Å². The van der Waals surface area contributed by atoms with Crippen LogP contribution in [-0.2, 0) is 13.0 Å². The Morgan fingerprint density at radius 2 is 2.50 bits per heavy atom. The highest BCUT2D eigenvalue weighted by molar-refractivity contribution is 4.91. The Hall–Kier alpha value is -0.860. The molecule has 0 saturated heterocycles. The van der Waals surface area contributed by atoms with Gasteiger partial charge in [0.1, 0.15) is 12.5 Å². The molecule has 0 amide bonds. The van der Waals surface area contributed by atoms with Gasteiger partial charge in [0, 0.05) is 18.8 Å². The van der Waals surface area contributed by atoms with E-state index in [1.54, 1.807) is 12.4 Å². The standard InChI is InChI=1S/C7H11FN2/c1-2-7-9-4-6-10(7)5-3-8/h4,6H,2-3,5H2,1H3. The fourth-order valence-electron chi connectivity index (χ4n) is 0.949. The zero-order chi connectivity index (χ0) is 7.40. The fraction of sp³-hybridized carbons (Fsp3) is 0.571. The minimum Gasteiger partial charge on any atom is -0.332 e. The molecule has 0 aromatic carbocycles. The highest BCUT2D eigenvalue weighted by Crippen LogP contribution is 1.97. The molecule has 0 aliphatic carbocycles. The normalized spacial score (nSPS) is 10.2. The molecule has 56 valence electrons. The Morgan fingerprint density at radius 1 is 1.70 bits per heavy atom. The van der Waals surface area contributed by atoms with Crippen molar-refractivity contribution in [2.24, 2.45) is 0 Å². The smallest absolute Gasteiger partial charge is 0.108 e. The van der Waals surface area contributed by atoms with Gasteiger partial charge in [-0.1, -0.05) is 6.92 Å². The summed E-state index contributed by atoms with van der Waals surface area (Å²) >= 11 is 0. The quantitative estimate of drug-likeness (QED) is 0.624. The van der Waals surface area contributed by atoms with Crippen LogP contribution in [0, 0.1) is 0 Å². The second-order valence-electron chi connectivity index (χ2n) is 2.08. The Morgan fingerprint density at radius 3 is 3.10 bits per heavy atom. The number of imidazole rings is 1. The van der Waals surface area contributed by atoms with E-state index in [1.807, 2.05) is 11.5 Å². The molecule has 0 radical (unpaired) electrons. The molecule has 10 heavy (non-hydrogen) atoms. The van der Waals surface area contributed by atoms with Crippen LogP contribution in [0.15, 0.2) is 12.4 Å². The lowest BCUT2D eigenvalue weighted by molar-refractivity contribution is 0.440. The molecule has 3 heteroatoms. The van der Waals surface area contributed by atoms with Gasteiger partial charge in [0.2, 0.25) is 0 Å². The predicted octanol–water partition coefficient (Wildman–Crippen LogP) is 1.41. The number of hydrogen-bond donors (Lipinski definition) is 0. The molecule has 0 spiro atoms. The maximum Gasteiger partial charge on any atom is 0.108 e. The van der Waals surface area contributed by atoms with Crippen molar-refractivity contribution in [1.82, 2.24) is 9.55 Å². The molecule has 1 rings (SSSR count). The van der Waals surface area contributed by atoms with E-state index in [1.165, 1.54) is 0 Å². The summed E-state index contributed by atoms with van der Waals surface area (Å²) in [5.41, 5.74) is 0. The third-order valence-electron chi connectivity index (χ3n) is 1.44. The summed E-state index contributed by atoms with van der Waals surface area (Å²) in [5.74, 6) is 0.956. The summed E-state index contributed by atoms with van der Waals surface area (Å²) in [6, 6.07) is 0. The van der Waals surface area contributed by atoms with Crippen molar-refractivity contribution >= 4 is 0 Å². The third kappa shape index (κ3) is 1.35. The first-order chi connectivity index (χ1) is 4.88. The van der Waals surface area contributed by atoms with E-state index < -0.39 is 0 Å². The van der Waals surface area contributed by atoms with Crippen LogP contribution in [0.5, 0.6) is 0 Å². The van der Waals surface area contributed by atoms with Gasteiger partial charge in [-0.25, -0.2) is 9.37 Å². The molecule has 0 bridgehead atoms. The topological polar surface area (TPSA) is 17.8 Å². The summed E-state index contributed by atoms with van der Waals surface area (Å²) in [4.78, 5) is 4.05. The number of rotatable bonds is 3.